The van der Waals surface area contributed by atoms with Gasteiger partial charge in [-0.3, -0.25) is 0 Å². The molecule has 0 saturated heterocycles. The molecule has 128 valence electrons. The molecule has 0 heterocycles. The second-order valence-corrected chi connectivity index (χ2v) is 23.9. The third-order valence-electron chi connectivity index (χ3n) is 5.04. The molecule has 2 aliphatic carbocycles. The zero-order chi connectivity index (χ0) is 16.0. The second kappa shape index (κ2) is 8.53. The molecule has 0 N–H and O–H groups in total. The Labute approximate surface area is 171 Å². The van der Waals surface area contributed by atoms with Crippen LogP contribution in [0, 0.1) is 6.92 Å². The van der Waals surface area contributed by atoms with Gasteiger partial charge in [0.1, 0.15) is 0 Å². The van der Waals surface area contributed by atoms with Gasteiger partial charge in [-0.05, 0) is 0 Å². The molecule has 0 radical (unpaired) electrons. The Bertz CT molecular complexity index is 906. The minimum absolute atomic E-state index is 0. The van der Waals surface area contributed by atoms with Gasteiger partial charge in [-0.2, -0.15) is 0 Å². The number of fused-ring (bicyclic) bond motifs is 3. The molecule has 25 heavy (non-hydrogen) atoms. The van der Waals surface area contributed by atoms with Gasteiger partial charge in [0.05, 0.1) is 0 Å². The number of rotatable bonds is 2. The van der Waals surface area contributed by atoms with E-state index in [9.17, 15) is 0 Å². The van der Waals surface area contributed by atoms with Crippen molar-refractivity contribution in [1.82, 2.24) is 0 Å². The van der Waals surface area contributed by atoms with E-state index in [1.54, 1.807) is 14.4 Å². The van der Waals surface area contributed by atoms with Crippen molar-refractivity contribution in [1.29, 1.82) is 0 Å². The Hall–Kier alpha value is -0.400. The van der Waals surface area contributed by atoms with Gasteiger partial charge in [0.15, 0.2) is 0 Å². The van der Waals surface area contributed by atoms with Gasteiger partial charge in [-0.15, -0.1) is 0 Å². The van der Waals surface area contributed by atoms with Crippen LogP contribution in [0.15, 0.2) is 57.9 Å². The average Bonchev–Trinajstić information content (AvgIpc) is 3.17. The van der Waals surface area contributed by atoms with E-state index < -0.39 is 20.4 Å². The van der Waals surface area contributed by atoms with Crippen molar-refractivity contribution in [3.05, 3.63) is 74.6 Å². The Kier molecular flexibility index (Phi) is 7.13. The summed E-state index contributed by atoms with van der Waals surface area (Å²) in [6.07, 6.45) is 9.46. The summed E-state index contributed by atoms with van der Waals surface area (Å²) in [6.45, 7) is 7.38. The third kappa shape index (κ3) is 3.69. The first-order valence-corrected chi connectivity index (χ1v) is 17.1. The van der Waals surface area contributed by atoms with Crippen LogP contribution in [-0.2, 0) is 26.8 Å². The van der Waals surface area contributed by atoms with E-state index in [0.29, 0.717) is 0 Å². The van der Waals surface area contributed by atoms with Crippen molar-refractivity contribution in [2.75, 3.05) is 0 Å². The van der Waals surface area contributed by atoms with Crippen LogP contribution in [0.2, 0.25) is 13.1 Å². The molecule has 0 bridgehead atoms. The van der Waals surface area contributed by atoms with Gasteiger partial charge in [0, 0.05) is 0 Å². The summed E-state index contributed by atoms with van der Waals surface area (Å²) in [6, 6.07) is 13.9. The van der Waals surface area contributed by atoms with Crippen LogP contribution < -0.4 is 28.1 Å². The second-order valence-electron chi connectivity index (χ2n) is 6.82. The van der Waals surface area contributed by atoms with Gasteiger partial charge in [-0.1, -0.05) is 0 Å². The molecule has 2 aromatic rings. The molecule has 0 spiro atoms. The smallest absolute Gasteiger partial charge is 1.00 e. The molecule has 2 aromatic carbocycles. The van der Waals surface area contributed by atoms with Crippen molar-refractivity contribution in [3.8, 4) is 11.1 Å². The molecule has 0 aromatic heterocycles. The van der Waals surface area contributed by atoms with Gasteiger partial charge < -0.3 is 24.8 Å². The maximum absolute atomic E-state index is 2.55. The molecule has 0 saturated carbocycles. The number of allylic oxidation sites excluding steroid dienone is 4. The first-order valence-electron chi connectivity index (χ1n) is 8.41. The van der Waals surface area contributed by atoms with E-state index in [4.69, 9.17) is 0 Å². The summed E-state index contributed by atoms with van der Waals surface area (Å²) in [5, 5.41) is 0. The number of benzene rings is 2. The SMILES string of the molecule is Cc1cc[c]([Zr+2]([C]2=CC=CC2)=[Si](C)C)c2c1-c1ccccc1C2.[Cl-].[Cl-]. The zero-order valence-corrected chi connectivity index (χ0v) is 19.8. The van der Waals surface area contributed by atoms with Gasteiger partial charge in [0.2, 0.25) is 0 Å². The quantitative estimate of drug-likeness (QED) is 0.423. The summed E-state index contributed by atoms with van der Waals surface area (Å²) in [5.41, 5.74) is 7.47. The van der Waals surface area contributed by atoms with Gasteiger partial charge in [0.25, 0.3) is 0 Å². The van der Waals surface area contributed by atoms with Crippen LogP contribution in [0.25, 0.3) is 11.1 Å². The Morgan fingerprint density at radius 3 is 2.44 bits per heavy atom. The predicted octanol–water partition coefficient (Wildman–Crippen LogP) is -1.09. The fourth-order valence-electron chi connectivity index (χ4n) is 4.06. The molecule has 0 aliphatic heterocycles. The minimum Gasteiger partial charge on any atom is -1.00 e. The molecule has 0 amide bonds. The molecule has 0 nitrogen and oxygen atoms in total. The van der Waals surface area contributed by atoms with E-state index in [1.807, 2.05) is 3.28 Å². The minimum atomic E-state index is -1.70. The van der Waals surface area contributed by atoms with E-state index in [-0.39, 0.29) is 30.2 Å². The van der Waals surface area contributed by atoms with Crippen molar-refractivity contribution < 1.29 is 45.2 Å². The largest absolute Gasteiger partial charge is 1.00 e. The van der Waals surface area contributed by atoms with E-state index in [0.717, 1.165) is 6.42 Å². The van der Waals surface area contributed by atoms with Crippen molar-refractivity contribution in [2.45, 2.75) is 32.9 Å². The first kappa shape index (κ1) is 20.9. The fraction of sp³-hybridized carbons (Fsp3) is 0.238. The average molecular weight is 465 g/mol. The van der Waals surface area contributed by atoms with Crippen LogP contribution in [0.3, 0.4) is 0 Å². The van der Waals surface area contributed by atoms with Crippen LogP contribution in [0.5, 0.6) is 0 Å². The monoisotopic (exact) mass is 462 g/mol. The van der Waals surface area contributed by atoms with Crippen LogP contribution in [0.4, 0.5) is 0 Å². The normalized spacial score (nSPS) is 13.0. The Morgan fingerprint density at radius 1 is 1.00 bits per heavy atom. The zero-order valence-electron chi connectivity index (χ0n) is 14.9. The van der Waals surface area contributed by atoms with E-state index in [2.05, 4.69) is 74.6 Å². The summed E-state index contributed by atoms with van der Waals surface area (Å²) in [5.74, 6) is 0. The van der Waals surface area contributed by atoms with Crippen molar-refractivity contribution >= 4 is 8.70 Å². The maximum atomic E-state index is 2.55. The summed E-state index contributed by atoms with van der Waals surface area (Å²) >= 11 is -1.70. The third-order valence-corrected chi connectivity index (χ3v) is 21.9. The van der Waals surface area contributed by atoms with E-state index in [1.165, 1.54) is 23.1 Å². The fourth-order valence-corrected chi connectivity index (χ4v) is 20.6. The topological polar surface area (TPSA) is 0 Å². The summed E-state index contributed by atoms with van der Waals surface area (Å²) in [7, 11) is 0. The molecule has 4 rings (SSSR count). The molecule has 2 aliphatic rings. The molecule has 4 heteroatoms. The maximum Gasteiger partial charge on any atom is -1.00 e. The Balaban J connectivity index is 0.00000113. The number of hydrogen-bond acceptors (Lipinski definition) is 0. The molecular weight excluding hydrogens is 442 g/mol. The van der Waals surface area contributed by atoms with Crippen LogP contribution in [0.1, 0.15) is 23.1 Å². The summed E-state index contributed by atoms with van der Waals surface area (Å²) < 4.78 is 3.60. The Morgan fingerprint density at radius 2 is 1.76 bits per heavy atom. The molecule has 0 atom stereocenters. The van der Waals surface area contributed by atoms with Crippen LogP contribution in [-0.4, -0.2) is 5.43 Å². The molecular formula is C21H22Cl2SiZr. The summed E-state index contributed by atoms with van der Waals surface area (Å²) in [4.78, 5) is 0. The number of aryl methyl sites for hydroxylation is 1. The standard InChI is InChI=1S/C14H11.C5H5.C2H6Si.2ClH.Zr/c1-10-5-4-7-12-9-11-6-2-3-8-13(11)14(10)12;1-2-4-5-3-1;1-3-2;;;/h2-6,8H,9H2,1H3;1-3H,4H2;1-2H3;2*1H;/q;;;;;+2/p-2. The number of halogens is 2. The molecule has 0 fully saturated rings. The van der Waals surface area contributed by atoms with E-state index >= 15 is 0 Å². The van der Waals surface area contributed by atoms with Crippen LogP contribution >= 0.6 is 0 Å². The van der Waals surface area contributed by atoms with Crippen molar-refractivity contribution in [3.63, 3.8) is 0 Å². The number of hydrogen-bond donors (Lipinski definition) is 0. The molecule has 0 unspecified atom stereocenters. The first-order chi connectivity index (χ1) is 11.2. The van der Waals surface area contributed by atoms with Gasteiger partial charge >= 0.3 is 148 Å². The predicted molar refractivity (Wildman–Crippen MR) is 98.4 cm³/mol. The van der Waals surface area contributed by atoms with Gasteiger partial charge in [-0.25, -0.2) is 0 Å². The van der Waals surface area contributed by atoms with Crippen molar-refractivity contribution in [2.24, 2.45) is 0 Å².